The van der Waals surface area contributed by atoms with E-state index in [1.807, 2.05) is 0 Å². The van der Waals surface area contributed by atoms with Gasteiger partial charge in [-0.25, -0.2) is 4.79 Å². The molecule has 0 atom stereocenters. The minimum absolute atomic E-state index is 0.0376. The molecular weight excluding hydrogens is 399 g/mol. The Hall–Kier alpha value is -3.42. The number of anilines is 1. The van der Waals surface area contributed by atoms with Crippen LogP contribution < -0.4 is 4.90 Å². The molecule has 30 heavy (non-hydrogen) atoms. The summed E-state index contributed by atoms with van der Waals surface area (Å²) in [5.41, 5.74) is 0.377. The smallest absolute Gasteiger partial charge is 0.416 e. The summed E-state index contributed by atoms with van der Waals surface area (Å²) in [4.78, 5) is 37.3. The number of halogens is 3. The normalized spacial score (nSPS) is 14.4. The molecule has 0 radical (unpaired) electrons. The summed E-state index contributed by atoms with van der Waals surface area (Å²) in [6.07, 6.45) is -1.03. The number of amides is 1. The molecule has 2 aromatic carbocycles. The number of carbonyl (C=O) groups is 3. The maximum Gasteiger partial charge on any atom is 0.416 e. The minimum atomic E-state index is -4.48. The van der Waals surface area contributed by atoms with Gasteiger partial charge in [0, 0.05) is 30.3 Å². The molecule has 3 rings (SSSR count). The zero-order chi connectivity index (χ0) is 21.7. The number of alkyl halides is 3. The molecule has 0 unspecified atom stereocenters. The second-order valence-electron chi connectivity index (χ2n) is 6.68. The van der Waals surface area contributed by atoms with E-state index in [0.717, 1.165) is 24.6 Å². The Morgan fingerprint density at radius 1 is 1.10 bits per heavy atom. The van der Waals surface area contributed by atoms with Gasteiger partial charge in [0.05, 0.1) is 5.56 Å². The van der Waals surface area contributed by atoms with Gasteiger partial charge in [-0.05, 0) is 54.5 Å². The van der Waals surface area contributed by atoms with E-state index < -0.39 is 30.1 Å². The molecule has 2 aromatic rings. The van der Waals surface area contributed by atoms with Crippen molar-refractivity contribution in [2.75, 3.05) is 18.1 Å². The highest BCUT2D eigenvalue weighted by Crippen LogP contribution is 2.29. The van der Waals surface area contributed by atoms with Gasteiger partial charge >= 0.3 is 12.1 Å². The number of nitrogens with zero attached hydrogens (tertiary/aromatic N) is 1. The number of Topliss-reactive ketones (excluding diaryl/α,β-unsaturated/α-hetero) is 1. The van der Waals surface area contributed by atoms with Crippen LogP contribution in [0.5, 0.6) is 0 Å². The van der Waals surface area contributed by atoms with Crippen molar-refractivity contribution in [2.45, 2.75) is 19.0 Å². The highest BCUT2D eigenvalue weighted by Gasteiger charge is 2.30. The van der Waals surface area contributed by atoms with Gasteiger partial charge in [-0.3, -0.25) is 9.59 Å². The summed E-state index contributed by atoms with van der Waals surface area (Å²) in [5, 5.41) is 0. The minimum Gasteiger partial charge on any atom is -0.454 e. The molecule has 0 bridgehead atoms. The number of rotatable bonds is 6. The van der Waals surface area contributed by atoms with E-state index in [-0.39, 0.29) is 11.5 Å². The molecule has 1 amide bonds. The fourth-order valence-electron chi connectivity index (χ4n) is 3.00. The fourth-order valence-corrected chi connectivity index (χ4v) is 3.00. The number of ether oxygens (including phenoxy) is 1. The molecule has 1 aliphatic heterocycles. The van der Waals surface area contributed by atoms with Crippen LogP contribution >= 0.6 is 0 Å². The lowest BCUT2D eigenvalue weighted by molar-refractivity contribution is -0.138. The Labute approximate surface area is 170 Å². The van der Waals surface area contributed by atoms with E-state index in [9.17, 15) is 27.6 Å². The Bertz CT molecular complexity index is 981. The lowest BCUT2D eigenvalue weighted by Crippen LogP contribution is -2.23. The number of hydrogen-bond acceptors (Lipinski definition) is 4. The van der Waals surface area contributed by atoms with Crippen LogP contribution in [0.15, 0.2) is 54.6 Å². The number of esters is 1. The van der Waals surface area contributed by atoms with Crippen molar-refractivity contribution in [2.24, 2.45) is 0 Å². The first-order valence-corrected chi connectivity index (χ1v) is 9.20. The van der Waals surface area contributed by atoms with Gasteiger partial charge in [0.2, 0.25) is 5.91 Å². The lowest BCUT2D eigenvalue weighted by Gasteiger charge is -2.15. The molecule has 8 heteroatoms. The molecule has 1 heterocycles. The summed E-state index contributed by atoms with van der Waals surface area (Å²) in [5.74, 6) is -1.24. The van der Waals surface area contributed by atoms with Crippen molar-refractivity contribution in [3.05, 3.63) is 71.3 Å². The zero-order valence-electron chi connectivity index (χ0n) is 15.8. The van der Waals surface area contributed by atoms with E-state index in [4.69, 9.17) is 4.74 Å². The molecule has 0 N–H and O–H groups in total. The third kappa shape index (κ3) is 5.34. The molecule has 0 saturated carbocycles. The standard InChI is InChI=1S/C22H18F3NO4/c23-22(24,25)17-4-1-3-15(13-17)6-11-21(29)30-14-19(27)16-7-9-18(10-8-16)26-12-2-5-20(26)28/h1,3-4,6-11,13H,2,5,12,14H2/b11-6+. The van der Waals surface area contributed by atoms with Crippen LogP contribution in [0.3, 0.4) is 0 Å². The van der Waals surface area contributed by atoms with Crippen molar-refractivity contribution < 1.29 is 32.3 Å². The molecule has 1 fully saturated rings. The Kier molecular flexibility index (Phi) is 6.34. The monoisotopic (exact) mass is 417 g/mol. The van der Waals surface area contributed by atoms with Gasteiger partial charge < -0.3 is 9.64 Å². The van der Waals surface area contributed by atoms with Crippen LogP contribution in [0.2, 0.25) is 0 Å². The highest BCUT2D eigenvalue weighted by atomic mass is 19.4. The summed E-state index contributed by atoms with van der Waals surface area (Å²) < 4.78 is 43.0. The van der Waals surface area contributed by atoms with Gasteiger partial charge in [0.1, 0.15) is 0 Å². The van der Waals surface area contributed by atoms with Gasteiger partial charge in [-0.15, -0.1) is 0 Å². The predicted molar refractivity (Wildman–Crippen MR) is 104 cm³/mol. The number of benzene rings is 2. The summed E-state index contributed by atoms with van der Waals surface area (Å²) >= 11 is 0. The van der Waals surface area contributed by atoms with Crippen molar-refractivity contribution in [3.8, 4) is 0 Å². The van der Waals surface area contributed by atoms with Crippen LogP contribution in [0.4, 0.5) is 18.9 Å². The molecule has 156 valence electrons. The molecule has 0 aliphatic carbocycles. The summed E-state index contributed by atoms with van der Waals surface area (Å²) in [7, 11) is 0. The van der Waals surface area contributed by atoms with Crippen LogP contribution in [0.25, 0.3) is 6.08 Å². The Morgan fingerprint density at radius 2 is 1.83 bits per heavy atom. The molecular formula is C22H18F3NO4. The van der Waals surface area contributed by atoms with E-state index >= 15 is 0 Å². The fraction of sp³-hybridized carbons (Fsp3) is 0.227. The van der Waals surface area contributed by atoms with Crippen molar-refractivity contribution in [3.63, 3.8) is 0 Å². The van der Waals surface area contributed by atoms with E-state index in [2.05, 4.69) is 0 Å². The van der Waals surface area contributed by atoms with Crippen LogP contribution in [-0.4, -0.2) is 30.8 Å². The van der Waals surface area contributed by atoms with Gasteiger partial charge in [-0.1, -0.05) is 12.1 Å². The third-order valence-corrected chi connectivity index (χ3v) is 4.55. The van der Waals surface area contributed by atoms with E-state index in [0.29, 0.717) is 24.2 Å². The molecule has 0 spiro atoms. The van der Waals surface area contributed by atoms with Gasteiger partial charge in [-0.2, -0.15) is 13.2 Å². The lowest BCUT2D eigenvalue weighted by atomic mass is 10.1. The second-order valence-corrected chi connectivity index (χ2v) is 6.68. The topological polar surface area (TPSA) is 63.7 Å². The van der Waals surface area contributed by atoms with Gasteiger partial charge in [0.15, 0.2) is 12.4 Å². The average Bonchev–Trinajstić information content (AvgIpc) is 3.16. The molecule has 0 aromatic heterocycles. The van der Waals surface area contributed by atoms with Crippen LogP contribution in [0.1, 0.15) is 34.3 Å². The Balaban J connectivity index is 1.54. The van der Waals surface area contributed by atoms with E-state index in [1.54, 1.807) is 29.2 Å². The van der Waals surface area contributed by atoms with Crippen molar-refractivity contribution >= 4 is 29.4 Å². The molecule has 1 saturated heterocycles. The Morgan fingerprint density at radius 3 is 2.47 bits per heavy atom. The van der Waals surface area contributed by atoms with Gasteiger partial charge in [0.25, 0.3) is 0 Å². The number of ketones is 1. The highest BCUT2D eigenvalue weighted by molar-refractivity contribution is 6.00. The SMILES string of the molecule is O=C(/C=C/c1cccc(C(F)(F)F)c1)OCC(=O)c1ccc(N2CCCC2=O)cc1. The van der Waals surface area contributed by atoms with Crippen molar-refractivity contribution in [1.82, 2.24) is 0 Å². The van der Waals surface area contributed by atoms with Crippen LogP contribution in [0, 0.1) is 0 Å². The molecule has 1 aliphatic rings. The summed E-state index contributed by atoms with van der Waals surface area (Å²) in [6, 6.07) is 10.9. The first kappa shape index (κ1) is 21.3. The van der Waals surface area contributed by atoms with Crippen LogP contribution in [-0.2, 0) is 20.5 Å². The first-order chi connectivity index (χ1) is 14.2. The number of hydrogen-bond donors (Lipinski definition) is 0. The van der Waals surface area contributed by atoms with E-state index in [1.165, 1.54) is 18.2 Å². The maximum absolute atomic E-state index is 12.7. The quantitative estimate of drug-likeness (QED) is 0.400. The number of carbonyl (C=O) groups excluding carboxylic acids is 3. The average molecular weight is 417 g/mol. The largest absolute Gasteiger partial charge is 0.454 e. The third-order valence-electron chi connectivity index (χ3n) is 4.55. The summed E-state index contributed by atoms with van der Waals surface area (Å²) in [6.45, 7) is 0.135. The predicted octanol–water partition coefficient (Wildman–Crippen LogP) is 4.27. The van der Waals surface area contributed by atoms with Crippen molar-refractivity contribution in [1.29, 1.82) is 0 Å². The second kappa shape index (κ2) is 8.94. The maximum atomic E-state index is 12.7. The first-order valence-electron chi connectivity index (χ1n) is 9.20. The zero-order valence-corrected chi connectivity index (χ0v) is 15.8. The molecule has 5 nitrogen and oxygen atoms in total.